The monoisotopic (exact) mass is 330 g/mol. The normalized spacial score (nSPS) is 12.3. The molecule has 0 saturated carbocycles. The average molecular weight is 330 g/mol. The van der Waals surface area contributed by atoms with Gasteiger partial charge in [-0.2, -0.15) is 4.98 Å². The summed E-state index contributed by atoms with van der Waals surface area (Å²) in [5, 5.41) is 6.96. The van der Waals surface area contributed by atoms with Crippen LogP contribution in [0.1, 0.15) is 52.3 Å². The van der Waals surface area contributed by atoms with Gasteiger partial charge in [-0.1, -0.05) is 31.8 Å². The number of nitrogens with zero attached hydrogens (tertiary/aromatic N) is 3. The molecular formula is C18H26N4O2. The van der Waals surface area contributed by atoms with Gasteiger partial charge >= 0.3 is 0 Å². The van der Waals surface area contributed by atoms with Gasteiger partial charge in [-0.15, -0.1) is 0 Å². The molecule has 130 valence electrons. The smallest absolute Gasteiger partial charge is 0.227 e. The molecule has 0 bridgehead atoms. The van der Waals surface area contributed by atoms with Gasteiger partial charge in [0.2, 0.25) is 17.6 Å². The molecule has 6 nitrogen and oxygen atoms in total. The molecule has 1 amide bonds. The van der Waals surface area contributed by atoms with Crippen molar-refractivity contribution in [3.63, 3.8) is 0 Å². The molecule has 0 aromatic carbocycles. The van der Waals surface area contributed by atoms with Crippen LogP contribution in [0.4, 0.5) is 0 Å². The summed E-state index contributed by atoms with van der Waals surface area (Å²) in [5.74, 6) is 1.73. The largest absolute Gasteiger partial charge is 0.354 e. The van der Waals surface area contributed by atoms with E-state index in [9.17, 15) is 4.79 Å². The lowest BCUT2D eigenvalue weighted by molar-refractivity contribution is -0.121. The van der Waals surface area contributed by atoms with E-state index in [1.807, 2.05) is 19.1 Å². The number of carbonyl (C=O) groups is 1. The minimum absolute atomic E-state index is 0.0238. The first kappa shape index (κ1) is 18.1. The zero-order chi connectivity index (χ0) is 17.4. The third-order valence-corrected chi connectivity index (χ3v) is 3.80. The molecule has 6 heteroatoms. The van der Waals surface area contributed by atoms with Crippen LogP contribution in [-0.2, 0) is 11.2 Å². The van der Waals surface area contributed by atoms with E-state index in [1.165, 1.54) is 6.42 Å². The van der Waals surface area contributed by atoms with Crippen LogP contribution >= 0.6 is 0 Å². The maximum atomic E-state index is 12.0. The highest BCUT2D eigenvalue weighted by atomic mass is 16.5. The van der Waals surface area contributed by atoms with Crippen LogP contribution < -0.4 is 5.32 Å². The number of aromatic nitrogens is 3. The van der Waals surface area contributed by atoms with E-state index in [1.54, 1.807) is 12.4 Å². The Kier molecular flexibility index (Phi) is 6.90. The first-order valence-electron chi connectivity index (χ1n) is 8.57. The van der Waals surface area contributed by atoms with E-state index in [0.717, 1.165) is 18.4 Å². The number of carbonyl (C=O) groups excluding carboxylic acids is 1. The fourth-order valence-electron chi connectivity index (χ4n) is 2.45. The molecule has 1 atom stereocenters. The second kappa shape index (κ2) is 9.15. The lowest BCUT2D eigenvalue weighted by Gasteiger charge is -2.14. The van der Waals surface area contributed by atoms with Gasteiger partial charge < -0.3 is 9.84 Å². The Morgan fingerprint density at radius 3 is 2.67 bits per heavy atom. The summed E-state index contributed by atoms with van der Waals surface area (Å²) in [4.78, 5) is 20.3. The average Bonchev–Trinajstić information content (AvgIpc) is 3.02. The molecule has 0 aliphatic carbocycles. The van der Waals surface area contributed by atoms with Gasteiger partial charge in [0.1, 0.15) is 0 Å². The molecule has 2 aromatic rings. The number of hydrogen-bond acceptors (Lipinski definition) is 5. The SMILES string of the molecule is CC(C)CCC[C@H](C)NC(=O)CCc1nc(-c2ccncc2)no1. The molecule has 2 rings (SSSR count). The molecule has 24 heavy (non-hydrogen) atoms. The van der Waals surface area contributed by atoms with E-state index >= 15 is 0 Å². The number of pyridine rings is 1. The Labute approximate surface area is 143 Å². The van der Waals surface area contributed by atoms with Gasteiger partial charge in [0.05, 0.1) is 0 Å². The first-order valence-corrected chi connectivity index (χ1v) is 8.57. The van der Waals surface area contributed by atoms with Gasteiger partial charge in [0, 0.05) is 36.8 Å². The standard InChI is InChI=1S/C18H26N4O2/c1-13(2)5-4-6-14(3)20-16(23)7-8-17-21-18(22-24-17)15-9-11-19-12-10-15/h9-14H,4-8H2,1-3H3,(H,20,23)/t14-/m0/s1. The Bertz CT molecular complexity index is 625. The van der Waals surface area contributed by atoms with Crippen molar-refractivity contribution in [1.29, 1.82) is 0 Å². The lowest BCUT2D eigenvalue weighted by Crippen LogP contribution is -2.32. The summed E-state index contributed by atoms with van der Waals surface area (Å²) in [6, 6.07) is 3.84. The third-order valence-electron chi connectivity index (χ3n) is 3.80. The van der Waals surface area contributed by atoms with Crippen molar-refractivity contribution in [3.05, 3.63) is 30.4 Å². The highest BCUT2D eigenvalue weighted by Gasteiger charge is 2.12. The van der Waals surface area contributed by atoms with Gasteiger partial charge in [-0.25, -0.2) is 0 Å². The Balaban J connectivity index is 1.73. The molecule has 0 fully saturated rings. The summed E-state index contributed by atoms with van der Waals surface area (Å²) in [6.07, 6.45) is 7.50. The number of rotatable bonds is 9. The summed E-state index contributed by atoms with van der Waals surface area (Å²) in [5.41, 5.74) is 0.850. The maximum Gasteiger partial charge on any atom is 0.227 e. The van der Waals surface area contributed by atoms with E-state index in [0.29, 0.717) is 30.5 Å². The molecular weight excluding hydrogens is 304 g/mol. The second-order valence-corrected chi connectivity index (χ2v) is 6.54. The molecule has 1 N–H and O–H groups in total. The molecule has 2 heterocycles. The van der Waals surface area contributed by atoms with Crippen molar-refractivity contribution in [2.75, 3.05) is 0 Å². The van der Waals surface area contributed by atoms with Crippen LogP contribution in [0.5, 0.6) is 0 Å². The molecule has 0 aliphatic heterocycles. The topological polar surface area (TPSA) is 80.9 Å². The highest BCUT2D eigenvalue weighted by Crippen LogP contribution is 2.14. The molecule has 0 saturated heterocycles. The maximum absolute atomic E-state index is 12.0. The number of hydrogen-bond donors (Lipinski definition) is 1. The van der Waals surface area contributed by atoms with Gasteiger partial charge in [0.15, 0.2) is 0 Å². The quantitative estimate of drug-likeness (QED) is 0.762. The van der Waals surface area contributed by atoms with Gasteiger partial charge in [-0.05, 0) is 31.4 Å². The summed E-state index contributed by atoms with van der Waals surface area (Å²) < 4.78 is 5.20. The Hall–Kier alpha value is -2.24. The number of aryl methyl sites for hydroxylation is 1. The predicted octanol–water partition coefficient (Wildman–Crippen LogP) is 3.40. The van der Waals surface area contributed by atoms with Gasteiger partial charge in [0.25, 0.3) is 0 Å². The molecule has 2 aromatic heterocycles. The fraction of sp³-hybridized carbons (Fsp3) is 0.556. The molecule has 0 unspecified atom stereocenters. The van der Waals surface area contributed by atoms with Crippen LogP contribution in [-0.4, -0.2) is 27.1 Å². The van der Waals surface area contributed by atoms with Crippen molar-refractivity contribution in [1.82, 2.24) is 20.4 Å². The summed E-state index contributed by atoms with van der Waals surface area (Å²) >= 11 is 0. The minimum atomic E-state index is 0.0238. The van der Waals surface area contributed by atoms with Gasteiger partial charge in [-0.3, -0.25) is 9.78 Å². The van der Waals surface area contributed by atoms with Crippen molar-refractivity contribution in [2.45, 2.75) is 58.9 Å². The number of amides is 1. The minimum Gasteiger partial charge on any atom is -0.354 e. The van der Waals surface area contributed by atoms with E-state index in [4.69, 9.17) is 4.52 Å². The second-order valence-electron chi connectivity index (χ2n) is 6.54. The van der Waals surface area contributed by atoms with E-state index < -0.39 is 0 Å². The van der Waals surface area contributed by atoms with E-state index in [-0.39, 0.29) is 11.9 Å². The van der Waals surface area contributed by atoms with Crippen LogP contribution in [0.15, 0.2) is 29.0 Å². The summed E-state index contributed by atoms with van der Waals surface area (Å²) in [7, 11) is 0. The Morgan fingerprint density at radius 2 is 1.96 bits per heavy atom. The first-order chi connectivity index (χ1) is 11.5. The third kappa shape index (κ3) is 6.10. The van der Waals surface area contributed by atoms with Crippen LogP contribution in [0.3, 0.4) is 0 Å². The lowest BCUT2D eigenvalue weighted by atomic mass is 10.0. The predicted molar refractivity (Wildman–Crippen MR) is 92.1 cm³/mol. The summed E-state index contributed by atoms with van der Waals surface area (Å²) in [6.45, 7) is 6.48. The van der Waals surface area contributed by atoms with Crippen molar-refractivity contribution in [3.8, 4) is 11.4 Å². The van der Waals surface area contributed by atoms with Crippen molar-refractivity contribution < 1.29 is 9.32 Å². The van der Waals surface area contributed by atoms with Crippen molar-refractivity contribution in [2.24, 2.45) is 5.92 Å². The van der Waals surface area contributed by atoms with Crippen LogP contribution in [0.2, 0.25) is 0 Å². The fourth-order valence-corrected chi connectivity index (χ4v) is 2.45. The zero-order valence-corrected chi connectivity index (χ0v) is 14.7. The van der Waals surface area contributed by atoms with Crippen LogP contribution in [0.25, 0.3) is 11.4 Å². The van der Waals surface area contributed by atoms with Crippen LogP contribution in [0, 0.1) is 5.92 Å². The van der Waals surface area contributed by atoms with E-state index in [2.05, 4.69) is 34.3 Å². The Morgan fingerprint density at radius 1 is 1.21 bits per heavy atom. The molecule has 0 spiro atoms. The highest BCUT2D eigenvalue weighted by molar-refractivity contribution is 5.76. The zero-order valence-electron chi connectivity index (χ0n) is 14.7. The molecule has 0 aliphatic rings. The van der Waals surface area contributed by atoms with Crippen molar-refractivity contribution >= 4 is 5.91 Å². The number of nitrogens with one attached hydrogen (secondary N) is 1. The molecule has 0 radical (unpaired) electrons.